The summed E-state index contributed by atoms with van der Waals surface area (Å²) in [6, 6.07) is 9.91. The second-order valence-corrected chi connectivity index (χ2v) is 8.82. The highest BCUT2D eigenvalue weighted by atomic mass is 16.3. The van der Waals surface area contributed by atoms with Crippen molar-refractivity contribution in [3.8, 4) is 0 Å². The van der Waals surface area contributed by atoms with Crippen LogP contribution in [-0.2, 0) is 28.5 Å². The van der Waals surface area contributed by atoms with Crippen molar-refractivity contribution < 1.29 is 14.7 Å². The zero-order valence-electron chi connectivity index (χ0n) is 18.9. The van der Waals surface area contributed by atoms with E-state index < -0.39 is 6.10 Å². The standard InChI is InChI=1S/C24H34N4O3/c1-16-20(17(2)28(4)27-16)14-23(31)25-15-24(19-8-6-5-7-9-19)12-10-21(26-18(3)29)22(30)11-13-24/h5-9,21-22,30H,10-15H2,1-4H3,(H,25,31)(H,26,29)/t21-,22-,24-/m0/s1. The number of aliphatic hydroxyl groups is 1. The van der Waals surface area contributed by atoms with Gasteiger partial charge < -0.3 is 15.7 Å². The van der Waals surface area contributed by atoms with Crippen molar-refractivity contribution in [1.29, 1.82) is 0 Å². The van der Waals surface area contributed by atoms with E-state index in [4.69, 9.17) is 0 Å². The second-order valence-electron chi connectivity index (χ2n) is 8.82. The first-order valence-corrected chi connectivity index (χ1v) is 11.0. The Morgan fingerprint density at radius 3 is 2.48 bits per heavy atom. The Bertz CT molecular complexity index is 924. The van der Waals surface area contributed by atoms with Crippen LogP contribution in [0.5, 0.6) is 0 Å². The van der Waals surface area contributed by atoms with Crippen LogP contribution in [0.4, 0.5) is 0 Å². The van der Waals surface area contributed by atoms with Crippen LogP contribution in [0.15, 0.2) is 30.3 Å². The maximum atomic E-state index is 12.8. The molecule has 1 aromatic heterocycles. The maximum absolute atomic E-state index is 12.8. The lowest BCUT2D eigenvalue weighted by molar-refractivity contribution is -0.121. The average Bonchev–Trinajstić information content (AvgIpc) is 2.88. The first-order chi connectivity index (χ1) is 14.7. The molecule has 1 aromatic carbocycles. The van der Waals surface area contributed by atoms with Crippen LogP contribution in [0.3, 0.4) is 0 Å². The number of aliphatic hydroxyl groups excluding tert-OH is 1. The van der Waals surface area contributed by atoms with E-state index >= 15 is 0 Å². The fourth-order valence-electron chi connectivity index (χ4n) is 4.73. The van der Waals surface area contributed by atoms with Gasteiger partial charge in [0.15, 0.2) is 0 Å². The summed E-state index contributed by atoms with van der Waals surface area (Å²) in [6.07, 6.45) is 2.44. The molecule has 1 saturated carbocycles. The van der Waals surface area contributed by atoms with Crippen LogP contribution < -0.4 is 10.6 Å². The molecule has 1 aliphatic carbocycles. The molecular formula is C24H34N4O3. The molecule has 2 aromatic rings. The molecule has 31 heavy (non-hydrogen) atoms. The van der Waals surface area contributed by atoms with Gasteiger partial charge in [0.25, 0.3) is 0 Å². The fraction of sp³-hybridized carbons (Fsp3) is 0.542. The van der Waals surface area contributed by atoms with Crippen LogP contribution in [0.25, 0.3) is 0 Å². The largest absolute Gasteiger partial charge is 0.391 e. The summed E-state index contributed by atoms with van der Waals surface area (Å²) in [5, 5.41) is 21.0. The molecule has 0 spiro atoms. The minimum Gasteiger partial charge on any atom is -0.391 e. The molecule has 168 valence electrons. The van der Waals surface area contributed by atoms with Gasteiger partial charge in [-0.25, -0.2) is 0 Å². The van der Waals surface area contributed by atoms with E-state index in [9.17, 15) is 14.7 Å². The summed E-state index contributed by atoms with van der Waals surface area (Å²) in [5.74, 6) is -0.163. The minimum absolute atomic E-state index is 0.0299. The van der Waals surface area contributed by atoms with E-state index in [0.29, 0.717) is 25.8 Å². The molecule has 0 unspecified atom stereocenters. The Morgan fingerprint density at radius 2 is 1.87 bits per heavy atom. The quantitative estimate of drug-likeness (QED) is 0.616. The monoisotopic (exact) mass is 426 g/mol. The summed E-state index contributed by atoms with van der Waals surface area (Å²) in [4.78, 5) is 24.4. The number of nitrogens with zero attached hydrogens (tertiary/aromatic N) is 2. The SMILES string of the molecule is CC(=O)N[C@H]1CC[C@](CNC(=O)Cc2c(C)nn(C)c2C)(c2ccccc2)CC[C@@H]1O. The maximum Gasteiger partial charge on any atom is 0.224 e. The number of amides is 2. The minimum atomic E-state index is -0.592. The highest BCUT2D eigenvalue weighted by molar-refractivity contribution is 5.79. The van der Waals surface area contributed by atoms with Gasteiger partial charge in [-0.05, 0) is 45.1 Å². The Balaban J connectivity index is 1.77. The van der Waals surface area contributed by atoms with Gasteiger partial charge in [0.2, 0.25) is 11.8 Å². The zero-order valence-corrected chi connectivity index (χ0v) is 18.9. The summed E-state index contributed by atoms with van der Waals surface area (Å²) < 4.78 is 1.80. The molecule has 3 N–H and O–H groups in total. The van der Waals surface area contributed by atoms with Gasteiger partial charge in [0.05, 0.1) is 24.3 Å². The number of aryl methyl sites for hydroxylation is 2. The average molecular weight is 427 g/mol. The van der Waals surface area contributed by atoms with Crippen molar-refractivity contribution in [3.05, 3.63) is 52.8 Å². The summed E-state index contributed by atoms with van der Waals surface area (Å²) in [6.45, 7) is 5.87. The molecule has 3 atom stereocenters. The van der Waals surface area contributed by atoms with Gasteiger partial charge in [-0.2, -0.15) is 5.10 Å². The normalized spacial score (nSPS) is 23.8. The van der Waals surface area contributed by atoms with E-state index in [1.165, 1.54) is 6.92 Å². The van der Waals surface area contributed by atoms with Crippen LogP contribution in [0.2, 0.25) is 0 Å². The summed E-state index contributed by atoms with van der Waals surface area (Å²) in [7, 11) is 1.89. The van der Waals surface area contributed by atoms with Crippen molar-refractivity contribution in [1.82, 2.24) is 20.4 Å². The number of aromatic nitrogens is 2. The lowest BCUT2D eigenvalue weighted by atomic mass is 9.74. The number of hydrogen-bond acceptors (Lipinski definition) is 4. The number of benzene rings is 1. The van der Waals surface area contributed by atoms with Crippen molar-refractivity contribution in [3.63, 3.8) is 0 Å². The number of nitrogens with one attached hydrogen (secondary N) is 2. The topological polar surface area (TPSA) is 96.3 Å². The molecule has 0 saturated heterocycles. The van der Waals surface area contributed by atoms with Crippen LogP contribution in [0, 0.1) is 13.8 Å². The molecule has 1 fully saturated rings. The molecule has 1 aliphatic rings. The highest BCUT2D eigenvalue weighted by Crippen LogP contribution is 2.38. The zero-order chi connectivity index (χ0) is 22.6. The van der Waals surface area contributed by atoms with E-state index in [0.717, 1.165) is 35.4 Å². The number of rotatable bonds is 6. The lowest BCUT2D eigenvalue weighted by Crippen LogP contribution is -2.42. The van der Waals surface area contributed by atoms with Crippen molar-refractivity contribution in [2.24, 2.45) is 7.05 Å². The van der Waals surface area contributed by atoms with Crippen molar-refractivity contribution in [2.75, 3.05) is 6.54 Å². The smallest absolute Gasteiger partial charge is 0.224 e. The molecule has 2 amide bonds. The Labute approximate surface area is 184 Å². The molecule has 0 bridgehead atoms. The van der Waals surface area contributed by atoms with E-state index in [1.54, 1.807) is 4.68 Å². The van der Waals surface area contributed by atoms with Gasteiger partial charge in [0, 0.05) is 37.2 Å². The fourth-order valence-corrected chi connectivity index (χ4v) is 4.73. The predicted molar refractivity (Wildman–Crippen MR) is 120 cm³/mol. The van der Waals surface area contributed by atoms with Crippen LogP contribution >= 0.6 is 0 Å². The molecule has 0 aliphatic heterocycles. The Kier molecular flexibility index (Phi) is 7.15. The predicted octanol–water partition coefficient (Wildman–Crippen LogP) is 2.07. The number of carbonyl (C=O) groups excluding carboxylic acids is 2. The van der Waals surface area contributed by atoms with E-state index in [2.05, 4.69) is 27.9 Å². The number of carbonyl (C=O) groups is 2. The van der Waals surface area contributed by atoms with Crippen molar-refractivity contribution >= 4 is 11.8 Å². The van der Waals surface area contributed by atoms with Gasteiger partial charge in [-0.1, -0.05) is 30.3 Å². The lowest BCUT2D eigenvalue weighted by Gasteiger charge is -2.34. The van der Waals surface area contributed by atoms with Crippen molar-refractivity contribution in [2.45, 2.75) is 70.4 Å². The van der Waals surface area contributed by atoms with E-state index in [1.807, 2.05) is 39.1 Å². The van der Waals surface area contributed by atoms with E-state index in [-0.39, 0.29) is 23.3 Å². The molecule has 7 heteroatoms. The molecule has 7 nitrogen and oxygen atoms in total. The van der Waals surface area contributed by atoms with Gasteiger partial charge in [-0.3, -0.25) is 14.3 Å². The molecular weight excluding hydrogens is 392 g/mol. The third-order valence-electron chi connectivity index (χ3n) is 6.71. The van der Waals surface area contributed by atoms with Crippen LogP contribution in [0.1, 0.15) is 55.1 Å². The third-order valence-corrected chi connectivity index (χ3v) is 6.71. The number of hydrogen-bond donors (Lipinski definition) is 3. The van der Waals surface area contributed by atoms with Gasteiger partial charge >= 0.3 is 0 Å². The molecule has 0 radical (unpaired) electrons. The van der Waals surface area contributed by atoms with Gasteiger partial charge in [-0.15, -0.1) is 0 Å². The highest BCUT2D eigenvalue weighted by Gasteiger charge is 2.38. The Hall–Kier alpha value is -2.67. The molecule has 3 rings (SSSR count). The first kappa shape index (κ1) is 23.0. The van der Waals surface area contributed by atoms with Gasteiger partial charge in [0.1, 0.15) is 0 Å². The third kappa shape index (κ3) is 5.34. The summed E-state index contributed by atoms with van der Waals surface area (Å²) in [5.41, 5.74) is 3.71. The Morgan fingerprint density at radius 1 is 1.19 bits per heavy atom. The summed E-state index contributed by atoms with van der Waals surface area (Å²) >= 11 is 0. The second kappa shape index (κ2) is 9.64. The molecule has 1 heterocycles. The first-order valence-electron chi connectivity index (χ1n) is 11.0. The van der Waals surface area contributed by atoms with Crippen LogP contribution in [-0.4, -0.2) is 45.4 Å².